The van der Waals surface area contributed by atoms with E-state index in [0.29, 0.717) is 13.0 Å². The normalized spacial score (nSPS) is 12.3. The SMILES string of the molecule is Cn1nc(CN[C@@H](Cc2c[nH]c3ccccc23)C(=O)O)c(-c2ccccc2)n1. The van der Waals surface area contributed by atoms with E-state index in [0.717, 1.165) is 33.4 Å². The van der Waals surface area contributed by atoms with Gasteiger partial charge in [-0.05, 0) is 11.6 Å². The highest BCUT2D eigenvalue weighted by Gasteiger charge is 2.21. The molecular formula is C21H21N5O2. The topological polar surface area (TPSA) is 95.8 Å². The first kappa shape index (κ1) is 17.9. The Hall–Kier alpha value is -3.45. The smallest absolute Gasteiger partial charge is 0.321 e. The summed E-state index contributed by atoms with van der Waals surface area (Å²) in [4.78, 5) is 16.5. The van der Waals surface area contributed by atoms with Gasteiger partial charge in [-0.15, -0.1) is 0 Å². The summed E-state index contributed by atoms with van der Waals surface area (Å²) in [6, 6.07) is 16.9. The van der Waals surface area contributed by atoms with Gasteiger partial charge in [0.15, 0.2) is 0 Å². The quantitative estimate of drug-likeness (QED) is 0.462. The third-order valence-electron chi connectivity index (χ3n) is 4.74. The molecule has 7 heteroatoms. The predicted molar refractivity (Wildman–Crippen MR) is 107 cm³/mol. The van der Waals surface area contributed by atoms with Crippen molar-refractivity contribution in [2.45, 2.75) is 19.0 Å². The Morgan fingerprint density at radius 1 is 1.14 bits per heavy atom. The molecular weight excluding hydrogens is 354 g/mol. The second-order valence-corrected chi connectivity index (χ2v) is 6.69. The molecule has 1 atom stereocenters. The second-order valence-electron chi connectivity index (χ2n) is 6.69. The monoisotopic (exact) mass is 375 g/mol. The Bertz CT molecular complexity index is 1100. The van der Waals surface area contributed by atoms with Gasteiger partial charge in [0.2, 0.25) is 0 Å². The van der Waals surface area contributed by atoms with Crippen LogP contribution < -0.4 is 5.32 Å². The molecule has 2 aromatic heterocycles. The first-order valence-corrected chi connectivity index (χ1v) is 9.08. The molecule has 0 aliphatic rings. The van der Waals surface area contributed by atoms with Crippen LogP contribution in [0.1, 0.15) is 11.3 Å². The number of nitrogens with zero attached hydrogens (tertiary/aromatic N) is 3. The molecule has 0 saturated carbocycles. The lowest BCUT2D eigenvalue weighted by molar-refractivity contribution is -0.139. The predicted octanol–water partition coefficient (Wildman–Crippen LogP) is 2.75. The number of carbonyl (C=O) groups is 1. The molecule has 0 spiro atoms. The average Bonchev–Trinajstić information content (AvgIpc) is 3.29. The molecule has 3 N–H and O–H groups in total. The van der Waals surface area contributed by atoms with Gasteiger partial charge >= 0.3 is 5.97 Å². The van der Waals surface area contributed by atoms with Crippen molar-refractivity contribution in [1.29, 1.82) is 0 Å². The molecule has 0 amide bonds. The zero-order valence-corrected chi connectivity index (χ0v) is 15.5. The number of para-hydroxylation sites is 1. The number of aromatic nitrogens is 4. The summed E-state index contributed by atoms with van der Waals surface area (Å²) >= 11 is 0. The summed E-state index contributed by atoms with van der Waals surface area (Å²) in [6.07, 6.45) is 2.25. The zero-order valence-electron chi connectivity index (χ0n) is 15.5. The molecule has 0 fully saturated rings. The minimum absolute atomic E-state index is 0.317. The molecule has 0 unspecified atom stereocenters. The fourth-order valence-corrected chi connectivity index (χ4v) is 3.37. The number of carboxylic acids is 1. The summed E-state index contributed by atoms with van der Waals surface area (Å²) in [7, 11) is 1.76. The summed E-state index contributed by atoms with van der Waals surface area (Å²) in [5.74, 6) is -0.893. The summed E-state index contributed by atoms with van der Waals surface area (Å²) in [5, 5.41) is 22.7. The summed E-state index contributed by atoms with van der Waals surface area (Å²) < 4.78 is 0. The van der Waals surface area contributed by atoms with Crippen molar-refractivity contribution < 1.29 is 9.90 Å². The van der Waals surface area contributed by atoms with Gasteiger partial charge in [-0.2, -0.15) is 15.0 Å². The first-order valence-electron chi connectivity index (χ1n) is 9.08. The largest absolute Gasteiger partial charge is 0.480 e. The standard InChI is InChI=1S/C21H21N5O2/c1-26-24-19(20(25-26)14-7-3-2-4-8-14)13-23-18(21(27)28)11-15-12-22-17-10-6-5-9-16(15)17/h2-10,12,18,22-23H,11,13H2,1H3,(H,27,28)/t18-/m0/s1. The second kappa shape index (κ2) is 7.66. The Morgan fingerprint density at radius 3 is 2.68 bits per heavy atom. The van der Waals surface area contributed by atoms with Crippen LogP contribution in [0.4, 0.5) is 0 Å². The van der Waals surface area contributed by atoms with Crippen LogP contribution in [0.5, 0.6) is 0 Å². The van der Waals surface area contributed by atoms with Crippen molar-refractivity contribution >= 4 is 16.9 Å². The number of hydrogen-bond acceptors (Lipinski definition) is 4. The highest BCUT2D eigenvalue weighted by atomic mass is 16.4. The lowest BCUT2D eigenvalue weighted by Crippen LogP contribution is -2.38. The minimum atomic E-state index is -0.893. The van der Waals surface area contributed by atoms with Gasteiger partial charge < -0.3 is 10.1 Å². The number of aromatic amines is 1. The summed E-state index contributed by atoms with van der Waals surface area (Å²) in [6.45, 7) is 0.317. The molecule has 28 heavy (non-hydrogen) atoms. The van der Waals surface area contributed by atoms with E-state index in [1.807, 2.05) is 60.8 Å². The van der Waals surface area contributed by atoms with E-state index < -0.39 is 12.0 Å². The van der Waals surface area contributed by atoms with Crippen LogP contribution in [-0.4, -0.2) is 37.1 Å². The van der Waals surface area contributed by atoms with Crippen LogP contribution in [-0.2, 0) is 24.8 Å². The molecule has 4 rings (SSSR count). The molecule has 0 aliphatic heterocycles. The molecule has 0 aliphatic carbocycles. The Balaban J connectivity index is 1.53. The average molecular weight is 375 g/mol. The van der Waals surface area contributed by atoms with Gasteiger partial charge in [0, 0.05) is 42.7 Å². The van der Waals surface area contributed by atoms with Gasteiger partial charge in [-0.3, -0.25) is 10.1 Å². The third-order valence-corrected chi connectivity index (χ3v) is 4.74. The number of rotatable bonds is 7. The minimum Gasteiger partial charge on any atom is -0.480 e. The Kier molecular flexibility index (Phi) is 4.90. The van der Waals surface area contributed by atoms with Crippen molar-refractivity contribution in [2.24, 2.45) is 7.05 Å². The van der Waals surface area contributed by atoms with Crippen molar-refractivity contribution in [3.8, 4) is 11.3 Å². The number of hydrogen-bond donors (Lipinski definition) is 3. The van der Waals surface area contributed by atoms with Crippen LogP contribution in [0.15, 0.2) is 60.8 Å². The molecule has 0 radical (unpaired) electrons. The first-order chi connectivity index (χ1) is 13.6. The van der Waals surface area contributed by atoms with E-state index in [4.69, 9.17) is 0 Å². The van der Waals surface area contributed by atoms with E-state index in [1.54, 1.807) is 7.05 Å². The van der Waals surface area contributed by atoms with E-state index in [1.165, 1.54) is 4.80 Å². The van der Waals surface area contributed by atoms with E-state index >= 15 is 0 Å². The molecule has 0 saturated heterocycles. The molecule has 0 bridgehead atoms. The van der Waals surface area contributed by atoms with Crippen LogP contribution in [0, 0.1) is 0 Å². The molecule has 4 aromatic rings. The lowest BCUT2D eigenvalue weighted by Gasteiger charge is -2.13. The summed E-state index contributed by atoms with van der Waals surface area (Å²) in [5.41, 5.74) is 4.40. The van der Waals surface area contributed by atoms with Gasteiger partial charge in [-0.25, -0.2) is 0 Å². The lowest BCUT2D eigenvalue weighted by atomic mass is 10.0. The number of carboxylic acid groups (broad SMARTS) is 1. The number of aliphatic carboxylic acids is 1. The van der Waals surface area contributed by atoms with Gasteiger partial charge in [0.1, 0.15) is 17.4 Å². The number of H-pyrrole nitrogens is 1. The molecule has 2 heterocycles. The van der Waals surface area contributed by atoms with Crippen molar-refractivity contribution in [3.05, 3.63) is 72.1 Å². The fourth-order valence-electron chi connectivity index (χ4n) is 3.37. The fraction of sp³-hybridized carbons (Fsp3) is 0.190. The number of aryl methyl sites for hydroxylation is 1. The highest BCUT2D eigenvalue weighted by molar-refractivity contribution is 5.84. The van der Waals surface area contributed by atoms with Crippen molar-refractivity contribution in [3.63, 3.8) is 0 Å². The molecule has 2 aromatic carbocycles. The van der Waals surface area contributed by atoms with Crippen molar-refractivity contribution in [2.75, 3.05) is 0 Å². The number of nitrogens with one attached hydrogen (secondary N) is 2. The van der Waals surface area contributed by atoms with Crippen LogP contribution in [0.3, 0.4) is 0 Å². The third kappa shape index (κ3) is 3.65. The molecule has 7 nitrogen and oxygen atoms in total. The maximum atomic E-state index is 11.8. The maximum Gasteiger partial charge on any atom is 0.321 e. The maximum absolute atomic E-state index is 11.8. The number of benzene rings is 2. The van der Waals surface area contributed by atoms with Crippen LogP contribution in [0.25, 0.3) is 22.2 Å². The Labute approximate surface area is 162 Å². The van der Waals surface area contributed by atoms with E-state index in [-0.39, 0.29) is 0 Å². The van der Waals surface area contributed by atoms with Crippen molar-refractivity contribution in [1.82, 2.24) is 25.3 Å². The number of fused-ring (bicyclic) bond motifs is 1. The van der Waals surface area contributed by atoms with Gasteiger partial charge in [-0.1, -0.05) is 48.5 Å². The van der Waals surface area contributed by atoms with Crippen LogP contribution in [0.2, 0.25) is 0 Å². The highest BCUT2D eigenvalue weighted by Crippen LogP contribution is 2.21. The van der Waals surface area contributed by atoms with E-state index in [9.17, 15) is 9.90 Å². The van der Waals surface area contributed by atoms with Gasteiger partial charge in [0.25, 0.3) is 0 Å². The molecule has 142 valence electrons. The van der Waals surface area contributed by atoms with Crippen LogP contribution >= 0.6 is 0 Å². The van der Waals surface area contributed by atoms with Gasteiger partial charge in [0.05, 0.1) is 0 Å². The Morgan fingerprint density at radius 2 is 1.89 bits per heavy atom. The zero-order chi connectivity index (χ0) is 19.5. The van der Waals surface area contributed by atoms with E-state index in [2.05, 4.69) is 20.5 Å².